The molecule has 0 aromatic heterocycles. The summed E-state index contributed by atoms with van der Waals surface area (Å²) < 4.78 is 0. The van der Waals surface area contributed by atoms with Crippen molar-refractivity contribution in [1.82, 2.24) is 10.2 Å². The van der Waals surface area contributed by atoms with Crippen LogP contribution in [0, 0.1) is 0 Å². The number of nitrogens with zero attached hydrogens (tertiary/aromatic N) is 2. The van der Waals surface area contributed by atoms with E-state index in [2.05, 4.69) is 10.3 Å². The van der Waals surface area contributed by atoms with Crippen LogP contribution in [0.4, 0.5) is 0 Å². The van der Waals surface area contributed by atoms with Crippen molar-refractivity contribution in [3.63, 3.8) is 0 Å². The fourth-order valence-electron chi connectivity index (χ4n) is 1.38. The first kappa shape index (κ1) is 9.98. The van der Waals surface area contributed by atoms with Gasteiger partial charge in [-0.05, 0) is 19.4 Å². The molecule has 0 fully saturated rings. The molecule has 1 aliphatic heterocycles. The van der Waals surface area contributed by atoms with Crippen molar-refractivity contribution in [2.24, 2.45) is 10.7 Å². The van der Waals surface area contributed by atoms with Gasteiger partial charge in [0.05, 0.1) is 6.34 Å². The summed E-state index contributed by atoms with van der Waals surface area (Å²) in [5, 5.41) is 2.73. The number of amides is 1. The summed E-state index contributed by atoms with van der Waals surface area (Å²) in [5.41, 5.74) is 5.44. The summed E-state index contributed by atoms with van der Waals surface area (Å²) in [6, 6.07) is 0. The summed E-state index contributed by atoms with van der Waals surface area (Å²) in [6.45, 7) is 2.39. The van der Waals surface area contributed by atoms with Crippen LogP contribution in [0.3, 0.4) is 0 Å². The van der Waals surface area contributed by atoms with Crippen LogP contribution in [-0.4, -0.2) is 43.4 Å². The zero-order chi connectivity index (χ0) is 9.52. The van der Waals surface area contributed by atoms with E-state index < -0.39 is 0 Å². The third kappa shape index (κ3) is 3.02. The van der Waals surface area contributed by atoms with Crippen molar-refractivity contribution >= 4 is 12.7 Å². The Labute approximate surface area is 78.0 Å². The van der Waals surface area contributed by atoms with Gasteiger partial charge in [0, 0.05) is 13.1 Å². The average Bonchev–Trinajstić information content (AvgIpc) is 2.19. The van der Waals surface area contributed by atoms with E-state index in [1.165, 1.54) is 0 Å². The topological polar surface area (TPSA) is 70.7 Å². The van der Waals surface area contributed by atoms with Crippen LogP contribution in [0.1, 0.15) is 12.8 Å². The summed E-state index contributed by atoms with van der Waals surface area (Å²) in [7, 11) is 0. The first-order valence-electron chi connectivity index (χ1n) is 4.54. The number of rotatable bonds is 5. The Morgan fingerprint density at radius 3 is 3.15 bits per heavy atom. The Morgan fingerprint density at radius 2 is 2.62 bits per heavy atom. The molecule has 1 atom stereocenters. The molecular formula is C8H16N4O. The lowest BCUT2D eigenvalue weighted by molar-refractivity contribution is -0.110. The van der Waals surface area contributed by atoms with E-state index in [9.17, 15) is 4.79 Å². The Hall–Kier alpha value is -1.10. The molecule has 5 nitrogen and oxygen atoms in total. The fraction of sp³-hybridized carbons (Fsp3) is 0.750. The molecule has 1 amide bonds. The second kappa shape index (κ2) is 5.53. The highest BCUT2D eigenvalue weighted by Crippen LogP contribution is 2.03. The van der Waals surface area contributed by atoms with Crippen molar-refractivity contribution in [3.8, 4) is 0 Å². The lowest BCUT2D eigenvalue weighted by atomic mass is 10.2. The first-order chi connectivity index (χ1) is 6.38. The molecule has 74 valence electrons. The zero-order valence-corrected chi connectivity index (χ0v) is 7.65. The SMILES string of the molecule is NCCC(NC=O)N1C=NCCC1. The van der Waals surface area contributed by atoms with Crippen LogP contribution in [-0.2, 0) is 4.79 Å². The normalized spacial score (nSPS) is 18.4. The maximum atomic E-state index is 10.3. The predicted molar refractivity (Wildman–Crippen MR) is 51.3 cm³/mol. The highest BCUT2D eigenvalue weighted by atomic mass is 16.1. The lowest BCUT2D eigenvalue weighted by Crippen LogP contribution is -2.47. The Balaban J connectivity index is 2.45. The summed E-state index contributed by atoms with van der Waals surface area (Å²) in [5.74, 6) is 0. The van der Waals surface area contributed by atoms with Gasteiger partial charge in [0.2, 0.25) is 6.41 Å². The third-order valence-corrected chi connectivity index (χ3v) is 2.03. The molecule has 1 unspecified atom stereocenters. The van der Waals surface area contributed by atoms with Gasteiger partial charge in [0.15, 0.2) is 0 Å². The molecule has 0 radical (unpaired) electrons. The van der Waals surface area contributed by atoms with E-state index in [4.69, 9.17) is 5.73 Å². The minimum atomic E-state index is 0.00606. The molecule has 3 N–H and O–H groups in total. The monoisotopic (exact) mass is 184 g/mol. The van der Waals surface area contributed by atoms with Gasteiger partial charge in [-0.3, -0.25) is 9.79 Å². The Kier molecular flexibility index (Phi) is 4.25. The minimum absolute atomic E-state index is 0.00606. The van der Waals surface area contributed by atoms with Gasteiger partial charge in [-0.15, -0.1) is 0 Å². The number of aliphatic imine (C=N–C) groups is 1. The summed E-state index contributed by atoms with van der Waals surface area (Å²) in [4.78, 5) is 16.5. The van der Waals surface area contributed by atoms with E-state index in [-0.39, 0.29) is 6.17 Å². The van der Waals surface area contributed by atoms with Gasteiger partial charge in [0.1, 0.15) is 6.17 Å². The Morgan fingerprint density at radius 1 is 1.77 bits per heavy atom. The maximum Gasteiger partial charge on any atom is 0.208 e. The smallest absolute Gasteiger partial charge is 0.208 e. The van der Waals surface area contributed by atoms with Gasteiger partial charge in [-0.1, -0.05) is 0 Å². The second-order valence-electron chi connectivity index (χ2n) is 2.99. The predicted octanol–water partition coefficient (Wildman–Crippen LogP) is -0.859. The maximum absolute atomic E-state index is 10.3. The molecule has 0 saturated carbocycles. The van der Waals surface area contributed by atoms with Crippen molar-refractivity contribution in [1.29, 1.82) is 0 Å². The number of hydrogen-bond acceptors (Lipinski definition) is 4. The molecule has 1 heterocycles. The highest BCUT2D eigenvalue weighted by Gasteiger charge is 2.15. The van der Waals surface area contributed by atoms with Gasteiger partial charge in [0.25, 0.3) is 0 Å². The van der Waals surface area contributed by atoms with Crippen molar-refractivity contribution in [2.75, 3.05) is 19.6 Å². The van der Waals surface area contributed by atoms with Crippen LogP contribution in [0.5, 0.6) is 0 Å². The summed E-state index contributed by atoms with van der Waals surface area (Å²) >= 11 is 0. The molecular weight excluding hydrogens is 168 g/mol. The van der Waals surface area contributed by atoms with Crippen LogP contribution in [0.2, 0.25) is 0 Å². The number of hydrogen-bond donors (Lipinski definition) is 2. The van der Waals surface area contributed by atoms with E-state index >= 15 is 0 Å². The first-order valence-corrected chi connectivity index (χ1v) is 4.54. The third-order valence-electron chi connectivity index (χ3n) is 2.03. The van der Waals surface area contributed by atoms with Gasteiger partial charge in [-0.25, -0.2) is 0 Å². The minimum Gasteiger partial charge on any atom is -0.343 e. The largest absolute Gasteiger partial charge is 0.343 e. The molecule has 0 spiro atoms. The van der Waals surface area contributed by atoms with Crippen LogP contribution < -0.4 is 11.1 Å². The zero-order valence-electron chi connectivity index (χ0n) is 7.65. The summed E-state index contributed by atoms with van der Waals surface area (Å²) in [6.07, 6.45) is 4.30. The van der Waals surface area contributed by atoms with E-state index in [0.29, 0.717) is 13.0 Å². The number of carbonyl (C=O) groups is 1. The quantitative estimate of drug-likeness (QED) is 0.546. The van der Waals surface area contributed by atoms with Crippen molar-refractivity contribution < 1.29 is 4.79 Å². The lowest BCUT2D eigenvalue weighted by Gasteiger charge is -2.30. The molecule has 0 aromatic carbocycles. The number of nitrogens with two attached hydrogens (primary N) is 1. The van der Waals surface area contributed by atoms with Crippen LogP contribution in [0.25, 0.3) is 0 Å². The molecule has 1 aliphatic rings. The highest BCUT2D eigenvalue weighted by molar-refractivity contribution is 5.57. The van der Waals surface area contributed by atoms with Gasteiger partial charge in [-0.2, -0.15) is 0 Å². The van der Waals surface area contributed by atoms with Crippen molar-refractivity contribution in [2.45, 2.75) is 19.0 Å². The fourth-order valence-corrected chi connectivity index (χ4v) is 1.38. The standard InChI is InChI=1S/C8H16N4O/c9-3-2-8(11-7-13)12-5-1-4-10-6-12/h6-8H,1-5,9H2,(H,11,13). The van der Waals surface area contributed by atoms with Crippen LogP contribution in [0.15, 0.2) is 4.99 Å². The van der Waals surface area contributed by atoms with Gasteiger partial charge < -0.3 is 16.0 Å². The van der Waals surface area contributed by atoms with Gasteiger partial charge >= 0.3 is 0 Å². The average molecular weight is 184 g/mol. The number of nitrogens with one attached hydrogen (secondary N) is 1. The molecule has 13 heavy (non-hydrogen) atoms. The molecule has 0 bridgehead atoms. The second-order valence-corrected chi connectivity index (χ2v) is 2.99. The number of carbonyl (C=O) groups excluding carboxylic acids is 1. The molecule has 1 rings (SSSR count). The molecule has 5 heteroatoms. The molecule has 0 aliphatic carbocycles. The van der Waals surface area contributed by atoms with Crippen LogP contribution >= 0.6 is 0 Å². The van der Waals surface area contributed by atoms with E-state index in [0.717, 1.165) is 25.9 Å². The molecule has 0 saturated heterocycles. The van der Waals surface area contributed by atoms with E-state index in [1.54, 1.807) is 6.34 Å². The molecule has 0 aromatic rings. The van der Waals surface area contributed by atoms with E-state index in [1.807, 2.05) is 4.90 Å². The Bertz CT molecular complexity index is 183. The van der Waals surface area contributed by atoms with Crippen molar-refractivity contribution in [3.05, 3.63) is 0 Å².